The third kappa shape index (κ3) is 1.18. The highest BCUT2D eigenvalue weighted by Gasteiger charge is 2.27. The Bertz CT molecular complexity index is 89.8. The fourth-order valence-corrected chi connectivity index (χ4v) is 2.00. The van der Waals surface area contributed by atoms with E-state index in [0.717, 1.165) is 25.0 Å². The fraction of sp³-hybridized carbons (Fsp3) is 1.00. The summed E-state index contributed by atoms with van der Waals surface area (Å²) in [4.78, 5) is 0. The van der Waals surface area contributed by atoms with Gasteiger partial charge in [-0.3, -0.25) is 0 Å². The topological polar surface area (TPSA) is 21.3 Å². The quantitative estimate of drug-likeness (QED) is 0.578. The lowest BCUT2D eigenvalue weighted by Gasteiger charge is -2.13. The Balaban J connectivity index is 1.85. The molecule has 2 aliphatic rings. The number of hydrogen-bond donors (Lipinski definition) is 1. The Morgan fingerprint density at radius 1 is 1.20 bits per heavy atom. The van der Waals surface area contributed by atoms with Crippen LogP contribution in [-0.2, 0) is 4.74 Å². The maximum Gasteiger partial charge on any atom is 0.0498 e. The zero-order chi connectivity index (χ0) is 6.81. The van der Waals surface area contributed by atoms with Gasteiger partial charge in [0.1, 0.15) is 0 Å². The molecule has 0 saturated carbocycles. The van der Waals surface area contributed by atoms with Crippen LogP contribution in [0.1, 0.15) is 12.8 Å². The zero-order valence-electron chi connectivity index (χ0n) is 6.31. The molecule has 0 bridgehead atoms. The summed E-state index contributed by atoms with van der Waals surface area (Å²) in [5.41, 5.74) is 0. The van der Waals surface area contributed by atoms with Gasteiger partial charge in [0.2, 0.25) is 0 Å². The summed E-state index contributed by atoms with van der Waals surface area (Å²) in [6, 6.07) is 0. The van der Waals surface area contributed by atoms with E-state index < -0.39 is 0 Å². The standard InChI is InChI=1S/C8H15NO/c1-3-9-5-7(1)8-2-4-10-6-8/h7-9H,1-6H2/t7-,8+/m1/s1. The van der Waals surface area contributed by atoms with Gasteiger partial charge in [-0.15, -0.1) is 0 Å². The minimum Gasteiger partial charge on any atom is -0.381 e. The highest BCUT2D eigenvalue weighted by molar-refractivity contribution is 4.80. The van der Waals surface area contributed by atoms with Gasteiger partial charge in [0.25, 0.3) is 0 Å². The van der Waals surface area contributed by atoms with Crippen molar-refractivity contribution in [2.24, 2.45) is 11.8 Å². The van der Waals surface area contributed by atoms with Gasteiger partial charge in [-0.2, -0.15) is 0 Å². The second-order valence-corrected chi connectivity index (χ2v) is 3.38. The van der Waals surface area contributed by atoms with Crippen molar-refractivity contribution < 1.29 is 4.74 Å². The lowest BCUT2D eigenvalue weighted by atomic mass is 9.91. The van der Waals surface area contributed by atoms with E-state index >= 15 is 0 Å². The molecular formula is C8H15NO. The van der Waals surface area contributed by atoms with Crippen molar-refractivity contribution >= 4 is 0 Å². The van der Waals surface area contributed by atoms with E-state index in [0.29, 0.717) is 0 Å². The van der Waals surface area contributed by atoms with Gasteiger partial charge < -0.3 is 10.1 Å². The molecule has 2 nitrogen and oxygen atoms in total. The van der Waals surface area contributed by atoms with E-state index in [1.54, 1.807) is 0 Å². The van der Waals surface area contributed by atoms with E-state index in [4.69, 9.17) is 4.74 Å². The van der Waals surface area contributed by atoms with Crippen LogP contribution in [0.25, 0.3) is 0 Å². The van der Waals surface area contributed by atoms with Gasteiger partial charge >= 0.3 is 0 Å². The van der Waals surface area contributed by atoms with Gasteiger partial charge in [0.05, 0.1) is 0 Å². The minimum absolute atomic E-state index is 0.870. The number of ether oxygens (including phenoxy) is 1. The van der Waals surface area contributed by atoms with Crippen molar-refractivity contribution in [2.45, 2.75) is 12.8 Å². The molecule has 2 fully saturated rings. The van der Waals surface area contributed by atoms with Crippen LogP contribution in [0.3, 0.4) is 0 Å². The van der Waals surface area contributed by atoms with E-state index in [2.05, 4.69) is 5.32 Å². The number of hydrogen-bond acceptors (Lipinski definition) is 2. The number of nitrogens with one attached hydrogen (secondary N) is 1. The molecule has 58 valence electrons. The van der Waals surface area contributed by atoms with Crippen LogP contribution in [0.5, 0.6) is 0 Å². The first-order valence-corrected chi connectivity index (χ1v) is 4.25. The Labute approximate surface area is 61.9 Å². The predicted molar refractivity (Wildman–Crippen MR) is 39.9 cm³/mol. The lowest BCUT2D eigenvalue weighted by molar-refractivity contribution is 0.174. The highest BCUT2D eigenvalue weighted by atomic mass is 16.5. The molecule has 2 heterocycles. The molecule has 0 aromatic rings. The minimum atomic E-state index is 0.870. The summed E-state index contributed by atoms with van der Waals surface area (Å²) in [6.45, 7) is 4.47. The van der Waals surface area contributed by atoms with Crippen molar-refractivity contribution in [1.82, 2.24) is 5.32 Å². The van der Waals surface area contributed by atoms with Gasteiger partial charge in [0.15, 0.2) is 0 Å². The van der Waals surface area contributed by atoms with E-state index in [1.807, 2.05) is 0 Å². The average Bonchev–Trinajstić information content (AvgIpc) is 2.59. The van der Waals surface area contributed by atoms with Crippen molar-refractivity contribution in [3.63, 3.8) is 0 Å². The molecule has 1 N–H and O–H groups in total. The van der Waals surface area contributed by atoms with Crippen LogP contribution in [0.2, 0.25) is 0 Å². The van der Waals surface area contributed by atoms with Crippen LogP contribution in [0.4, 0.5) is 0 Å². The summed E-state index contributed by atoms with van der Waals surface area (Å²) in [5.74, 6) is 1.79. The van der Waals surface area contributed by atoms with Crippen molar-refractivity contribution in [3.05, 3.63) is 0 Å². The van der Waals surface area contributed by atoms with Crippen molar-refractivity contribution in [2.75, 3.05) is 26.3 Å². The highest BCUT2D eigenvalue weighted by Crippen LogP contribution is 2.26. The molecule has 0 unspecified atom stereocenters. The molecule has 0 radical (unpaired) electrons. The lowest BCUT2D eigenvalue weighted by Crippen LogP contribution is -2.17. The predicted octanol–water partition coefficient (Wildman–Crippen LogP) is 0.632. The Morgan fingerprint density at radius 2 is 2.20 bits per heavy atom. The maximum absolute atomic E-state index is 5.34. The third-order valence-electron chi connectivity index (χ3n) is 2.73. The van der Waals surface area contributed by atoms with Gasteiger partial charge in [-0.1, -0.05) is 0 Å². The summed E-state index contributed by atoms with van der Waals surface area (Å²) >= 11 is 0. The molecule has 2 aliphatic heterocycles. The van der Waals surface area contributed by atoms with Crippen LogP contribution in [0.15, 0.2) is 0 Å². The Morgan fingerprint density at radius 3 is 2.80 bits per heavy atom. The largest absolute Gasteiger partial charge is 0.381 e. The van der Waals surface area contributed by atoms with E-state index in [1.165, 1.54) is 25.9 Å². The molecule has 2 rings (SSSR count). The zero-order valence-corrected chi connectivity index (χ0v) is 6.31. The molecule has 2 heteroatoms. The molecule has 2 atom stereocenters. The second-order valence-electron chi connectivity index (χ2n) is 3.38. The summed E-state index contributed by atoms with van der Waals surface area (Å²) in [6.07, 6.45) is 2.67. The molecule has 0 aliphatic carbocycles. The molecule has 0 aromatic carbocycles. The monoisotopic (exact) mass is 141 g/mol. The average molecular weight is 141 g/mol. The summed E-state index contributed by atoms with van der Waals surface area (Å²) < 4.78 is 5.34. The second kappa shape index (κ2) is 2.89. The molecular weight excluding hydrogens is 126 g/mol. The van der Waals surface area contributed by atoms with Crippen LogP contribution >= 0.6 is 0 Å². The molecule has 10 heavy (non-hydrogen) atoms. The summed E-state index contributed by atoms with van der Waals surface area (Å²) in [7, 11) is 0. The van der Waals surface area contributed by atoms with E-state index in [9.17, 15) is 0 Å². The SMILES string of the molecule is C1C[C@@H]([C@H]2CCOC2)CN1. The molecule has 0 aromatic heterocycles. The van der Waals surface area contributed by atoms with Gasteiger partial charge in [-0.25, -0.2) is 0 Å². The first-order valence-electron chi connectivity index (χ1n) is 4.25. The first-order chi connectivity index (χ1) is 4.97. The smallest absolute Gasteiger partial charge is 0.0498 e. The summed E-state index contributed by atoms with van der Waals surface area (Å²) in [5, 5.41) is 3.39. The Kier molecular flexibility index (Phi) is 1.91. The van der Waals surface area contributed by atoms with Crippen LogP contribution in [0, 0.1) is 11.8 Å². The molecule has 2 saturated heterocycles. The first kappa shape index (κ1) is 6.62. The van der Waals surface area contributed by atoms with Crippen LogP contribution < -0.4 is 5.32 Å². The fourth-order valence-electron chi connectivity index (χ4n) is 2.00. The normalized spacial score (nSPS) is 40.8. The number of rotatable bonds is 1. The van der Waals surface area contributed by atoms with E-state index in [-0.39, 0.29) is 0 Å². The molecule has 0 spiro atoms. The Hall–Kier alpha value is -0.0800. The molecule has 0 amide bonds. The van der Waals surface area contributed by atoms with Gasteiger partial charge in [0, 0.05) is 13.2 Å². The van der Waals surface area contributed by atoms with Crippen LogP contribution in [-0.4, -0.2) is 26.3 Å². The maximum atomic E-state index is 5.34. The van der Waals surface area contributed by atoms with Crippen molar-refractivity contribution in [1.29, 1.82) is 0 Å². The van der Waals surface area contributed by atoms with Crippen molar-refractivity contribution in [3.8, 4) is 0 Å². The van der Waals surface area contributed by atoms with Gasteiger partial charge in [-0.05, 0) is 37.8 Å². The third-order valence-corrected chi connectivity index (χ3v) is 2.73.